The number of hydrogen-bond acceptors (Lipinski definition) is 2. The van der Waals surface area contributed by atoms with Crippen molar-refractivity contribution in [3.8, 4) is 0 Å². The third-order valence-electron chi connectivity index (χ3n) is 5.01. The summed E-state index contributed by atoms with van der Waals surface area (Å²) in [5.41, 5.74) is 2.83. The number of rotatable bonds is 3. The molecule has 2 aliphatic heterocycles. The standard InChI is InChI=1S/C19H22N2/c1-3-7-15(8-4-1)19(16-9-5-2-6-10-16)21-13-17-11-20-12-18(17)14-21/h1-10,17-20H,11-14H2. The quantitative estimate of drug-likeness (QED) is 0.928. The molecular formula is C19H22N2. The zero-order valence-corrected chi connectivity index (χ0v) is 12.3. The molecule has 0 bridgehead atoms. The highest BCUT2D eigenvalue weighted by molar-refractivity contribution is 5.32. The molecule has 0 radical (unpaired) electrons. The van der Waals surface area contributed by atoms with Crippen LogP contribution in [0.2, 0.25) is 0 Å². The average molecular weight is 278 g/mol. The maximum atomic E-state index is 3.54. The van der Waals surface area contributed by atoms with Gasteiger partial charge in [0.1, 0.15) is 0 Å². The molecule has 21 heavy (non-hydrogen) atoms. The van der Waals surface area contributed by atoms with Crippen LogP contribution in [0.3, 0.4) is 0 Å². The fourth-order valence-electron chi connectivity index (χ4n) is 3.99. The van der Waals surface area contributed by atoms with E-state index in [0.29, 0.717) is 6.04 Å². The summed E-state index contributed by atoms with van der Waals surface area (Å²) < 4.78 is 0. The minimum Gasteiger partial charge on any atom is -0.316 e. The van der Waals surface area contributed by atoms with E-state index >= 15 is 0 Å². The van der Waals surface area contributed by atoms with Gasteiger partial charge in [0.25, 0.3) is 0 Å². The Hall–Kier alpha value is -1.64. The van der Waals surface area contributed by atoms with Crippen molar-refractivity contribution in [1.82, 2.24) is 10.2 Å². The van der Waals surface area contributed by atoms with E-state index in [1.165, 1.54) is 37.3 Å². The molecule has 0 amide bonds. The van der Waals surface area contributed by atoms with Crippen molar-refractivity contribution in [3.05, 3.63) is 71.8 Å². The zero-order chi connectivity index (χ0) is 14.1. The SMILES string of the molecule is c1ccc(C(c2ccccc2)N2CC3CNCC3C2)cc1. The second-order valence-electron chi connectivity index (χ2n) is 6.36. The third kappa shape index (κ3) is 2.50. The molecule has 2 aliphatic rings. The predicted octanol–water partition coefficient (Wildman–Crippen LogP) is 2.93. The van der Waals surface area contributed by atoms with Gasteiger partial charge in [-0.05, 0) is 36.1 Å². The number of benzene rings is 2. The molecule has 2 aromatic carbocycles. The average Bonchev–Trinajstić information content (AvgIpc) is 3.11. The lowest BCUT2D eigenvalue weighted by Crippen LogP contribution is -2.30. The monoisotopic (exact) mass is 278 g/mol. The smallest absolute Gasteiger partial charge is 0.0602 e. The van der Waals surface area contributed by atoms with Crippen molar-refractivity contribution in [2.75, 3.05) is 26.2 Å². The Morgan fingerprint density at radius 3 is 1.71 bits per heavy atom. The number of fused-ring (bicyclic) bond motifs is 1. The molecule has 2 nitrogen and oxygen atoms in total. The highest BCUT2D eigenvalue weighted by Crippen LogP contribution is 2.36. The second-order valence-corrected chi connectivity index (χ2v) is 6.36. The number of nitrogens with one attached hydrogen (secondary N) is 1. The number of likely N-dealkylation sites (tertiary alicyclic amines) is 1. The van der Waals surface area contributed by atoms with Crippen LogP contribution in [0.5, 0.6) is 0 Å². The summed E-state index contributed by atoms with van der Waals surface area (Å²) in [6, 6.07) is 22.3. The normalized spacial score (nSPS) is 25.4. The fraction of sp³-hybridized carbons (Fsp3) is 0.368. The Labute approximate surface area is 126 Å². The van der Waals surface area contributed by atoms with Crippen molar-refractivity contribution in [2.45, 2.75) is 6.04 Å². The molecule has 2 unspecified atom stereocenters. The molecule has 2 heteroatoms. The number of hydrogen-bond donors (Lipinski definition) is 1. The van der Waals surface area contributed by atoms with Crippen molar-refractivity contribution >= 4 is 0 Å². The summed E-state index contributed by atoms with van der Waals surface area (Å²) in [6.45, 7) is 4.81. The molecular weight excluding hydrogens is 256 g/mol. The molecule has 2 atom stereocenters. The highest BCUT2D eigenvalue weighted by atomic mass is 15.2. The van der Waals surface area contributed by atoms with Crippen LogP contribution in [-0.2, 0) is 0 Å². The van der Waals surface area contributed by atoms with Crippen LogP contribution in [0.15, 0.2) is 60.7 Å². The van der Waals surface area contributed by atoms with Crippen molar-refractivity contribution in [1.29, 1.82) is 0 Å². The van der Waals surface area contributed by atoms with Crippen LogP contribution in [0.1, 0.15) is 17.2 Å². The van der Waals surface area contributed by atoms with Crippen LogP contribution in [0.4, 0.5) is 0 Å². The Morgan fingerprint density at radius 1 is 0.762 bits per heavy atom. The van der Waals surface area contributed by atoms with Crippen molar-refractivity contribution < 1.29 is 0 Å². The van der Waals surface area contributed by atoms with E-state index in [-0.39, 0.29) is 0 Å². The van der Waals surface area contributed by atoms with Gasteiger partial charge in [-0.2, -0.15) is 0 Å². The van der Waals surface area contributed by atoms with E-state index < -0.39 is 0 Å². The van der Waals surface area contributed by atoms with E-state index in [9.17, 15) is 0 Å². The van der Waals surface area contributed by atoms with Crippen LogP contribution in [0.25, 0.3) is 0 Å². The maximum absolute atomic E-state index is 3.54. The maximum Gasteiger partial charge on any atom is 0.0602 e. The van der Waals surface area contributed by atoms with Gasteiger partial charge >= 0.3 is 0 Å². The highest BCUT2D eigenvalue weighted by Gasteiger charge is 2.39. The minimum absolute atomic E-state index is 0.401. The zero-order valence-electron chi connectivity index (χ0n) is 12.3. The molecule has 0 saturated carbocycles. The molecule has 2 aromatic rings. The summed E-state index contributed by atoms with van der Waals surface area (Å²) in [4.78, 5) is 2.68. The summed E-state index contributed by atoms with van der Waals surface area (Å²) in [5, 5.41) is 3.54. The van der Waals surface area contributed by atoms with Gasteiger partial charge in [-0.15, -0.1) is 0 Å². The van der Waals surface area contributed by atoms with Gasteiger partial charge in [0.15, 0.2) is 0 Å². The first-order chi connectivity index (χ1) is 10.4. The molecule has 2 saturated heterocycles. The lowest BCUT2D eigenvalue weighted by Gasteiger charge is -2.29. The third-order valence-corrected chi connectivity index (χ3v) is 5.01. The first kappa shape index (κ1) is 13.1. The Bertz CT molecular complexity index is 530. The Morgan fingerprint density at radius 2 is 1.24 bits per heavy atom. The first-order valence-electron chi connectivity index (χ1n) is 7.96. The van der Waals surface area contributed by atoms with E-state index in [0.717, 1.165) is 11.8 Å². The second kappa shape index (κ2) is 5.63. The minimum atomic E-state index is 0.401. The molecule has 108 valence electrons. The number of nitrogens with zero attached hydrogens (tertiary/aromatic N) is 1. The molecule has 1 N–H and O–H groups in total. The van der Waals surface area contributed by atoms with Gasteiger partial charge in [0.05, 0.1) is 6.04 Å². The lowest BCUT2D eigenvalue weighted by atomic mass is 9.97. The Balaban J connectivity index is 1.68. The first-order valence-corrected chi connectivity index (χ1v) is 7.96. The van der Waals surface area contributed by atoms with Gasteiger partial charge < -0.3 is 5.32 Å². The molecule has 2 heterocycles. The summed E-state index contributed by atoms with van der Waals surface area (Å²) >= 11 is 0. The largest absolute Gasteiger partial charge is 0.316 e. The van der Waals surface area contributed by atoms with Crippen molar-refractivity contribution in [3.63, 3.8) is 0 Å². The molecule has 4 rings (SSSR count). The van der Waals surface area contributed by atoms with E-state index in [1.54, 1.807) is 0 Å². The summed E-state index contributed by atoms with van der Waals surface area (Å²) in [7, 11) is 0. The molecule has 0 spiro atoms. The van der Waals surface area contributed by atoms with Crippen LogP contribution in [-0.4, -0.2) is 31.1 Å². The van der Waals surface area contributed by atoms with Crippen molar-refractivity contribution in [2.24, 2.45) is 11.8 Å². The van der Waals surface area contributed by atoms with Gasteiger partial charge in [-0.1, -0.05) is 60.7 Å². The molecule has 2 fully saturated rings. The van der Waals surface area contributed by atoms with Gasteiger partial charge in [0, 0.05) is 13.1 Å². The lowest BCUT2D eigenvalue weighted by molar-refractivity contribution is 0.260. The predicted molar refractivity (Wildman–Crippen MR) is 86.1 cm³/mol. The van der Waals surface area contributed by atoms with Gasteiger partial charge in [0.2, 0.25) is 0 Å². The Kier molecular flexibility index (Phi) is 3.50. The fourth-order valence-corrected chi connectivity index (χ4v) is 3.99. The molecule has 0 aliphatic carbocycles. The van der Waals surface area contributed by atoms with E-state index in [1.807, 2.05) is 0 Å². The van der Waals surface area contributed by atoms with Crippen LogP contribution < -0.4 is 5.32 Å². The molecule has 0 aromatic heterocycles. The summed E-state index contributed by atoms with van der Waals surface area (Å²) in [5.74, 6) is 1.67. The topological polar surface area (TPSA) is 15.3 Å². The van der Waals surface area contributed by atoms with E-state index in [4.69, 9.17) is 0 Å². The van der Waals surface area contributed by atoms with Gasteiger partial charge in [-0.3, -0.25) is 4.90 Å². The summed E-state index contributed by atoms with van der Waals surface area (Å²) in [6.07, 6.45) is 0. The van der Waals surface area contributed by atoms with Gasteiger partial charge in [-0.25, -0.2) is 0 Å². The van der Waals surface area contributed by atoms with Crippen LogP contribution in [0, 0.1) is 11.8 Å². The van der Waals surface area contributed by atoms with E-state index in [2.05, 4.69) is 70.9 Å². The van der Waals surface area contributed by atoms with Crippen LogP contribution >= 0.6 is 0 Å².